The van der Waals surface area contributed by atoms with Gasteiger partial charge in [-0.15, -0.1) is 0 Å². The third kappa shape index (κ3) is 3.02. The van der Waals surface area contributed by atoms with Crippen LogP contribution in [0.4, 0.5) is 4.39 Å². The van der Waals surface area contributed by atoms with E-state index < -0.39 is 5.67 Å². The van der Waals surface area contributed by atoms with Crippen LogP contribution in [-0.2, 0) is 0 Å². The molecule has 0 aromatic rings. The van der Waals surface area contributed by atoms with Gasteiger partial charge in [0.25, 0.3) is 0 Å². The van der Waals surface area contributed by atoms with Crippen molar-refractivity contribution >= 4 is 0 Å². The maximum Gasteiger partial charge on any atom is 0.143 e. The highest BCUT2D eigenvalue weighted by molar-refractivity contribution is 5.09. The first-order chi connectivity index (χ1) is 4.92. The van der Waals surface area contributed by atoms with Gasteiger partial charge in [0.1, 0.15) is 5.67 Å². The Kier molecular flexibility index (Phi) is 3.73. The summed E-state index contributed by atoms with van der Waals surface area (Å²) in [6.07, 6.45) is 1.61. The summed E-state index contributed by atoms with van der Waals surface area (Å²) in [7, 11) is 0. The van der Waals surface area contributed by atoms with E-state index in [9.17, 15) is 4.39 Å². The molecule has 2 N–H and O–H groups in total. The van der Waals surface area contributed by atoms with E-state index in [0.29, 0.717) is 0 Å². The average molecular weight is 159 g/mol. The maximum absolute atomic E-state index is 13.7. The van der Waals surface area contributed by atoms with Crippen LogP contribution in [0.1, 0.15) is 27.7 Å². The SMILES string of the molecule is CC(C)=CC(F)(CN)C(C)C. The topological polar surface area (TPSA) is 26.0 Å². The van der Waals surface area contributed by atoms with Gasteiger partial charge in [-0.2, -0.15) is 0 Å². The minimum atomic E-state index is -1.32. The number of halogens is 1. The number of rotatable bonds is 3. The van der Waals surface area contributed by atoms with Gasteiger partial charge in [0, 0.05) is 6.54 Å². The predicted molar refractivity (Wildman–Crippen MR) is 47.2 cm³/mol. The molecular weight excluding hydrogens is 141 g/mol. The molecule has 2 heteroatoms. The number of hydrogen-bond acceptors (Lipinski definition) is 1. The van der Waals surface area contributed by atoms with Crippen molar-refractivity contribution in [1.82, 2.24) is 0 Å². The van der Waals surface area contributed by atoms with Crippen LogP contribution in [-0.4, -0.2) is 12.2 Å². The van der Waals surface area contributed by atoms with Crippen molar-refractivity contribution in [2.45, 2.75) is 33.4 Å². The van der Waals surface area contributed by atoms with Crippen LogP contribution >= 0.6 is 0 Å². The molecule has 1 unspecified atom stereocenters. The second kappa shape index (κ2) is 3.86. The van der Waals surface area contributed by atoms with Gasteiger partial charge in [-0.25, -0.2) is 4.39 Å². The number of hydrogen-bond donors (Lipinski definition) is 1. The Balaban J connectivity index is 4.48. The Bertz CT molecular complexity index is 148. The van der Waals surface area contributed by atoms with Gasteiger partial charge in [-0.3, -0.25) is 0 Å². The lowest BCUT2D eigenvalue weighted by Crippen LogP contribution is -2.36. The first-order valence-electron chi connectivity index (χ1n) is 3.97. The summed E-state index contributed by atoms with van der Waals surface area (Å²) < 4.78 is 13.7. The minimum Gasteiger partial charge on any atom is -0.327 e. The van der Waals surface area contributed by atoms with E-state index in [4.69, 9.17) is 5.73 Å². The molecule has 66 valence electrons. The smallest absolute Gasteiger partial charge is 0.143 e. The van der Waals surface area contributed by atoms with Gasteiger partial charge in [0.15, 0.2) is 0 Å². The normalized spacial score (nSPS) is 16.3. The molecule has 0 saturated carbocycles. The average Bonchev–Trinajstić information content (AvgIpc) is 1.86. The summed E-state index contributed by atoms with van der Waals surface area (Å²) >= 11 is 0. The van der Waals surface area contributed by atoms with E-state index in [0.717, 1.165) is 5.57 Å². The van der Waals surface area contributed by atoms with E-state index in [-0.39, 0.29) is 12.5 Å². The Morgan fingerprint density at radius 3 is 2.09 bits per heavy atom. The Morgan fingerprint density at radius 1 is 1.55 bits per heavy atom. The van der Waals surface area contributed by atoms with Crippen LogP contribution in [0.5, 0.6) is 0 Å². The first-order valence-corrected chi connectivity index (χ1v) is 3.97. The monoisotopic (exact) mass is 159 g/mol. The van der Waals surface area contributed by atoms with Crippen molar-refractivity contribution in [3.63, 3.8) is 0 Å². The molecule has 0 fully saturated rings. The summed E-state index contributed by atoms with van der Waals surface area (Å²) in [4.78, 5) is 0. The van der Waals surface area contributed by atoms with Crippen molar-refractivity contribution in [2.75, 3.05) is 6.54 Å². The molecule has 0 bridgehead atoms. The molecule has 0 aliphatic carbocycles. The standard InChI is InChI=1S/C9H18FN/c1-7(2)5-9(10,6-11)8(3)4/h5,8H,6,11H2,1-4H3. The molecule has 0 saturated heterocycles. The van der Waals surface area contributed by atoms with Gasteiger partial charge < -0.3 is 5.73 Å². The molecule has 11 heavy (non-hydrogen) atoms. The van der Waals surface area contributed by atoms with Gasteiger partial charge in [-0.05, 0) is 25.8 Å². The molecule has 0 spiro atoms. The fraction of sp³-hybridized carbons (Fsp3) is 0.778. The zero-order chi connectivity index (χ0) is 9.07. The molecule has 1 nitrogen and oxygen atoms in total. The third-order valence-corrected chi connectivity index (χ3v) is 1.80. The number of allylic oxidation sites excluding steroid dienone is 1. The molecule has 0 amide bonds. The van der Waals surface area contributed by atoms with Crippen molar-refractivity contribution in [1.29, 1.82) is 0 Å². The highest BCUT2D eigenvalue weighted by atomic mass is 19.1. The summed E-state index contributed by atoms with van der Waals surface area (Å²) in [5.41, 5.74) is 4.99. The van der Waals surface area contributed by atoms with Crippen LogP contribution < -0.4 is 5.73 Å². The third-order valence-electron chi connectivity index (χ3n) is 1.80. The molecule has 0 aliphatic rings. The van der Waals surface area contributed by atoms with E-state index in [1.807, 2.05) is 27.7 Å². The molecule has 0 aliphatic heterocycles. The van der Waals surface area contributed by atoms with Gasteiger partial charge in [0.2, 0.25) is 0 Å². The summed E-state index contributed by atoms with van der Waals surface area (Å²) in [6.45, 7) is 7.51. The lowest BCUT2D eigenvalue weighted by Gasteiger charge is -2.24. The molecule has 1 atom stereocenters. The van der Waals surface area contributed by atoms with Crippen LogP contribution in [0.3, 0.4) is 0 Å². The van der Waals surface area contributed by atoms with Gasteiger partial charge in [-0.1, -0.05) is 19.4 Å². The Labute approximate surface area is 68.5 Å². The zero-order valence-corrected chi connectivity index (χ0v) is 7.82. The lowest BCUT2D eigenvalue weighted by molar-refractivity contribution is 0.168. The maximum atomic E-state index is 13.7. The summed E-state index contributed by atoms with van der Waals surface area (Å²) in [5, 5.41) is 0. The Morgan fingerprint density at radius 2 is 2.00 bits per heavy atom. The van der Waals surface area contributed by atoms with E-state index in [2.05, 4.69) is 0 Å². The molecule has 0 aromatic heterocycles. The van der Waals surface area contributed by atoms with Gasteiger partial charge >= 0.3 is 0 Å². The van der Waals surface area contributed by atoms with E-state index >= 15 is 0 Å². The van der Waals surface area contributed by atoms with Crippen molar-refractivity contribution in [2.24, 2.45) is 11.7 Å². The van der Waals surface area contributed by atoms with Crippen LogP contribution in [0, 0.1) is 5.92 Å². The Hall–Kier alpha value is -0.370. The van der Waals surface area contributed by atoms with E-state index in [1.54, 1.807) is 6.08 Å². The van der Waals surface area contributed by atoms with Crippen LogP contribution in [0.15, 0.2) is 11.6 Å². The molecule has 0 heterocycles. The fourth-order valence-electron chi connectivity index (χ4n) is 0.941. The molecular formula is C9H18FN. The summed E-state index contributed by atoms with van der Waals surface area (Å²) in [5.74, 6) is -0.0533. The number of alkyl halides is 1. The quantitative estimate of drug-likeness (QED) is 0.628. The second-order valence-electron chi connectivity index (χ2n) is 3.51. The van der Waals surface area contributed by atoms with Crippen molar-refractivity contribution < 1.29 is 4.39 Å². The minimum absolute atomic E-state index is 0.0533. The highest BCUT2D eigenvalue weighted by Gasteiger charge is 2.28. The largest absolute Gasteiger partial charge is 0.327 e. The van der Waals surface area contributed by atoms with Gasteiger partial charge in [0.05, 0.1) is 0 Å². The highest BCUT2D eigenvalue weighted by Crippen LogP contribution is 2.23. The van der Waals surface area contributed by atoms with Crippen molar-refractivity contribution in [3.05, 3.63) is 11.6 Å². The molecule has 0 aromatic carbocycles. The number of nitrogens with two attached hydrogens (primary N) is 1. The predicted octanol–water partition coefficient (Wildman–Crippen LogP) is 2.28. The van der Waals surface area contributed by atoms with Crippen LogP contribution in [0.25, 0.3) is 0 Å². The molecule has 0 radical (unpaired) electrons. The zero-order valence-electron chi connectivity index (χ0n) is 7.82. The molecule has 0 rings (SSSR count). The van der Waals surface area contributed by atoms with Crippen molar-refractivity contribution in [3.8, 4) is 0 Å². The van der Waals surface area contributed by atoms with E-state index in [1.165, 1.54) is 0 Å². The summed E-state index contributed by atoms with van der Waals surface area (Å²) in [6, 6.07) is 0. The lowest BCUT2D eigenvalue weighted by atomic mass is 9.91. The van der Waals surface area contributed by atoms with Crippen LogP contribution in [0.2, 0.25) is 0 Å². The second-order valence-corrected chi connectivity index (χ2v) is 3.51. The fourth-order valence-corrected chi connectivity index (χ4v) is 0.941. The first kappa shape index (κ1) is 10.6.